The normalized spacial score (nSPS) is 13.4. The van der Waals surface area contributed by atoms with Crippen LogP contribution in [-0.2, 0) is 25.1 Å². The van der Waals surface area contributed by atoms with Crippen LogP contribution in [0.2, 0.25) is 0 Å². The van der Waals surface area contributed by atoms with E-state index >= 15 is 0 Å². The zero-order valence-electron chi connectivity index (χ0n) is 16.4. The van der Waals surface area contributed by atoms with Crippen LogP contribution in [0.15, 0.2) is 41.9 Å². The van der Waals surface area contributed by atoms with Gasteiger partial charge in [-0.3, -0.25) is 4.57 Å². The van der Waals surface area contributed by atoms with Crippen LogP contribution in [0.1, 0.15) is 30.2 Å². The number of ether oxygens (including phenoxy) is 1. The van der Waals surface area contributed by atoms with Gasteiger partial charge < -0.3 is 4.74 Å². The fourth-order valence-electron chi connectivity index (χ4n) is 2.53. The number of nitrogens with zero attached hydrogens (tertiary/aromatic N) is 3. The number of aromatic nitrogens is 2. The van der Waals surface area contributed by atoms with Gasteiger partial charge in [0.1, 0.15) is 0 Å². The standard InChI is InChI=1S/C19H16F9N3O/c1-3-5-8-32-15-10-14(19(26,27)28)30-16(31(15)4-2)29-13-7-6-11(17(20,21)22)9-12(13)18(23,24)25/h3,6-7,9-10H,1,4-5,8H2,2H3. The zero-order chi connectivity index (χ0) is 24.3. The van der Waals surface area contributed by atoms with Gasteiger partial charge in [-0.15, -0.1) is 6.58 Å². The highest BCUT2D eigenvalue weighted by molar-refractivity contribution is 5.50. The Morgan fingerprint density at radius 3 is 2.16 bits per heavy atom. The summed E-state index contributed by atoms with van der Waals surface area (Å²) in [5, 5.41) is 0. The lowest BCUT2D eigenvalue weighted by atomic mass is 10.1. The van der Waals surface area contributed by atoms with E-state index < -0.39 is 46.7 Å². The Morgan fingerprint density at radius 1 is 1.00 bits per heavy atom. The quantitative estimate of drug-likeness (QED) is 0.287. The fourth-order valence-corrected chi connectivity index (χ4v) is 2.53. The molecule has 2 rings (SSSR count). The molecular formula is C19H16F9N3O. The molecule has 176 valence electrons. The van der Waals surface area contributed by atoms with Crippen molar-refractivity contribution >= 4 is 5.69 Å². The highest BCUT2D eigenvalue weighted by Gasteiger charge is 2.38. The van der Waals surface area contributed by atoms with Crippen molar-refractivity contribution in [3.05, 3.63) is 59.4 Å². The summed E-state index contributed by atoms with van der Waals surface area (Å²) in [7, 11) is 0. The Bertz CT molecular complexity index is 1030. The molecule has 0 atom stereocenters. The third-order valence-corrected chi connectivity index (χ3v) is 4.02. The highest BCUT2D eigenvalue weighted by atomic mass is 19.4. The first-order valence-electron chi connectivity index (χ1n) is 8.94. The molecule has 0 aliphatic heterocycles. The topological polar surface area (TPSA) is 39.4 Å². The fraction of sp³-hybridized carbons (Fsp3) is 0.368. The maximum absolute atomic E-state index is 13.4. The lowest BCUT2D eigenvalue weighted by Gasteiger charge is -2.17. The Kier molecular flexibility index (Phi) is 7.30. The summed E-state index contributed by atoms with van der Waals surface area (Å²) in [5.74, 6) is -0.379. The van der Waals surface area contributed by atoms with Crippen molar-refractivity contribution in [3.63, 3.8) is 0 Å². The zero-order valence-corrected chi connectivity index (χ0v) is 16.4. The average molecular weight is 473 g/mol. The first-order chi connectivity index (χ1) is 14.7. The van der Waals surface area contributed by atoms with Gasteiger partial charge in [-0.05, 0) is 31.5 Å². The first-order valence-corrected chi connectivity index (χ1v) is 8.94. The van der Waals surface area contributed by atoms with E-state index in [0.29, 0.717) is 18.2 Å². The van der Waals surface area contributed by atoms with E-state index in [4.69, 9.17) is 4.74 Å². The summed E-state index contributed by atoms with van der Waals surface area (Å²) in [6.45, 7) is 4.70. The average Bonchev–Trinajstić information content (AvgIpc) is 2.66. The SMILES string of the molecule is C=CCCOc1cc(C(F)(F)F)nc(=Nc2ccc(C(F)(F)F)cc2C(F)(F)F)n1CC. The van der Waals surface area contributed by atoms with Crippen molar-refractivity contribution in [1.82, 2.24) is 9.55 Å². The molecule has 0 radical (unpaired) electrons. The minimum Gasteiger partial charge on any atom is -0.478 e. The van der Waals surface area contributed by atoms with Crippen LogP contribution in [0, 0.1) is 0 Å². The summed E-state index contributed by atoms with van der Waals surface area (Å²) >= 11 is 0. The van der Waals surface area contributed by atoms with Crippen LogP contribution in [0.25, 0.3) is 0 Å². The van der Waals surface area contributed by atoms with Crippen LogP contribution in [0.5, 0.6) is 5.88 Å². The smallest absolute Gasteiger partial charge is 0.433 e. The van der Waals surface area contributed by atoms with Crippen molar-refractivity contribution in [1.29, 1.82) is 0 Å². The molecule has 0 unspecified atom stereocenters. The van der Waals surface area contributed by atoms with E-state index in [0.717, 1.165) is 4.57 Å². The summed E-state index contributed by atoms with van der Waals surface area (Å²) in [4.78, 5) is 6.80. The molecule has 0 saturated carbocycles. The third kappa shape index (κ3) is 6.04. The van der Waals surface area contributed by atoms with E-state index in [2.05, 4.69) is 16.6 Å². The summed E-state index contributed by atoms with van der Waals surface area (Å²) in [6, 6.07) is 1.17. The van der Waals surface area contributed by atoms with Crippen LogP contribution >= 0.6 is 0 Å². The summed E-state index contributed by atoms with van der Waals surface area (Å²) < 4.78 is 125. The van der Waals surface area contributed by atoms with Gasteiger partial charge in [-0.1, -0.05) is 6.08 Å². The van der Waals surface area contributed by atoms with Gasteiger partial charge in [-0.25, -0.2) is 9.98 Å². The second kappa shape index (κ2) is 9.25. The molecule has 0 spiro atoms. The molecular weight excluding hydrogens is 457 g/mol. The highest BCUT2D eigenvalue weighted by Crippen LogP contribution is 2.40. The molecule has 0 aliphatic carbocycles. The number of halogens is 9. The van der Waals surface area contributed by atoms with Crippen LogP contribution in [-0.4, -0.2) is 16.2 Å². The Hall–Kier alpha value is -2.99. The van der Waals surface area contributed by atoms with Gasteiger partial charge >= 0.3 is 18.5 Å². The number of alkyl halides is 9. The maximum Gasteiger partial charge on any atom is 0.433 e. The first kappa shape index (κ1) is 25.3. The molecule has 0 bridgehead atoms. The van der Waals surface area contributed by atoms with Gasteiger partial charge in [0.25, 0.3) is 0 Å². The summed E-state index contributed by atoms with van der Waals surface area (Å²) in [5.41, 5.74) is -6.70. The molecule has 32 heavy (non-hydrogen) atoms. The van der Waals surface area contributed by atoms with E-state index in [1.165, 1.54) is 13.0 Å². The second-order valence-corrected chi connectivity index (χ2v) is 6.29. The molecule has 1 heterocycles. The minimum absolute atomic E-state index is 0.0850. The third-order valence-electron chi connectivity index (χ3n) is 4.02. The van der Waals surface area contributed by atoms with E-state index in [1.807, 2.05) is 0 Å². The van der Waals surface area contributed by atoms with Crippen molar-refractivity contribution in [3.8, 4) is 5.88 Å². The van der Waals surface area contributed by atoms with Crippen molar-refractivity contribution < 1.29 is 44.3 Å². The van der Waals surface area contributed by atoms with E-state index in [9.17, 15) is 39.5 Å². The number of hydrogen-bond donors (Lipinski definition) is 0. The van der Waals surface area contributed by atoms with Crippen LogP contribution in [0.3, 0.4) is 0 Å². The number of rotatable bonds is 6. The monoisotopic (exact) mass is 473 g/mol. The Labute approximate surface area is 175 Å². The molecule has 0 fully saturated rings. The lowest BCUT2D eigenvalue weighted by molar-refractivity contribution is -0.143. The predicted octanol–water partition coefficient (Wildman–Crippen LogP) is 6.15. The van der Waals surface area contributed by atoms with Crippen molar-refractivity contribution in [2.75, 3.05) is 6.61 Å². The Balaban J connectivity index is 2.81. The van der Waals surface area contributed by atoms with Gasteiger partial charge in [0.05, 0.1) is 23.4 Å². The largest absolute Gasteiger partial charge is 0.478 e. The molecule has 0 saturated heterocycles. The van der Waals surface area contributed by atoms with E-state index in [1.54, 1.807) is 0 Å². The van der Waals surface area contributed by atoms with Gasteiger partial charge in [0.15, 0.2) is 11.6 Å². The molecule has 1 aromatic carbocycles. The molecule has 0 N–H and O–H groups in total. The number of benzene rings is 1. The molecule has 0 aliphatic rings. The molecule has 4 nitrogen and oxygen atoms in total. The number of hydrogen-bond acceptors (Lipinski definition) is 3. The molecule has 13 heteroatoms. The van der Waals surface area contributed by atoms with Gasteiger partial charge in [0.2, 0.25) is 5.62 Å². The maximum atomic E-state index is 13.4. The minimum atomic E-state index is -5.26. The Morgan fingerprint density at radius 2 is 1.66 bits per heavy atom. The molecule has 1 aromatic heterocycles. The lowest BCUT2D eigenvalue weighted by Crippen LogP contribution is -2.29. The van der Waals surface area contributed by atoms with Crippen molar-refractivity contribution in [2.45, 2.75) is 38.4 Å². The van der Waals surface area contributed by atoms with Gasteiger partial charge in [0, 0.05) is 12.6 Å². The van der Waals surface area contributed by atoms with Crippen molar-refractivity contribution in [2.24, 2.45) is 4.99 Å². The summed E-state index contributed by atoms with van der Waals surface area (Å²) in [6.07, 6.45) is -13.6. The van der Waals surface area contributed by atoms with Crippen LogP contribution in [0.4, 0.5) is 45.2 Å². The second-order valence-electron chi connectivity index (χ2n) is 6.29. The van der Waals surface area contributed by atoms with E-state index in [-0.39, 0.29) is 31.5 Å². The molecule has 0 amide bonds. The predicted molar refractivity (Wildman–Crippen MR) is 94.9 cm³/mol. The molecule has 2 aromatic rings. The van der Waals surface area contributed by atoms with Crippen LogP contribution < -0.4 is 10.4 Å². The van der Waals surface area contributed by atoms with Gasteiger partial charge in [-0.2, -0.15) is 39.5 Å².